The Balaban J connectivity index is 1.94. The van der Waals surface area contributed by atoms with Crippen LogP contribution in [0.15, 0.2) is 58.3 Å². The first kappa shape index (κ1) is 21.7. The number of amides is 1. The number of carbonyl (C=O) groups excluding carboxylic acids is 1. The molecule has 0 radical (unpaired) electrons. The van der Waals surface area contributed by atoms with Crippen LogP contribution in [0.25, 0.3) is 0 Å². The molecule has 0 fully saturated rings. The van der Waals surface area contributed by atoms with Crippen LogP contribution in [0.5, 0.6) is 0 Å². The van der Waals surface area contributed by atoms with E-state index in [1.165, 1.54) is 37.3 Å². The highest BCUT2D eigenvalue weighted by molar-refractivity contribution is 7.99. The first-order chi connectivity index (χ1) is 12.9. The molecular weight excluding hydrogens is 408 g/mol. The number of halogens is 1. The molecular formula is C18H21ClN2O4S2. The van der Waals surface area contributed by atoms with E-state index in [1.807, 2.05) is 30.3 Å². The van der Waals surface area contributed by atoms with E-state index in [-0.39, 0.29) is 21.4 Å². The number of carbonyl (C=O) groups is 1. The SMILES string of the molecule is CON(C)S(=O)(=O)c1cc(C(=O)NCCCSc2ccccc2)ccc1Cl. The molecule has 0 heterocycles. The van der Waals surface area contributed by atoms with Crippen LogP contribution in [0.4, 0.5) is 0 Å². The maximum atomic E-state index is 12.4. The van der Waals surface area contributed by atoms with Crippen molar-refractivity contribution in [2.24, 2.45) is 0 Å². The molecule has 0 atom stereocenters. The van der Waals surface area contributed by atoms with Gasteiger partial charge >= 0.3 is 0 Å². The summed E-state index contributed by atoms with van der Waals surface area (Å²) in [7, 11) is -1.46. The number of benzene rings is 2. The first-order valence-electron chi connectivity index (χ1n) is 8.15. The summed E-state index contributed by atoms with van der Waals surface area (Å²) < 4.78 is 25.4. The highest BCUT2D eigenvalue weighted by atomic mass is 35.5. The molecule has 146 valence electrons. The fourth-order valence-electron chi connectivity index (χ4n) is 2.16. The molecule has 0 spiro atoms. The molecule has 0 saturated heterocycles. The van der Waals surface area contributed by atoms with Crippen molar-refractivity contribution < 1.29 is 18.0 Å². The zero-order valence-electron chi connectivity index (χ0n) is 15.0. The van der Waals surface area contributed by atoms with Crippen molar-refractivity contribution in [1.29, 1.82) is 0 Å². The van der Waals surface area contributed by atoms with E-state index in [0.717, 1.165) is 12.2 Å². The molecule has 1 amide bonds. The van der Waals surface area contributed by atoms with Gasteiger partial charge in [-0.15, -0.1) is 11.8 Å². The van der Waals surface area contributed by atoms with Gasteiger partial charge in [0.05, 0.1) is 12.1 Å². The molecule has 1 N–H and O–H groups in total. The Bertz CT molecular complexity index is 876. The number of hydrogen-bond acceptors (Lipinski definition) is 5. The zero-order chi connectivity index (χ0) is 19.9. The van der Waals surface area contributed by atoms with Gasteiger partial charge in [0.15, 0.2) is 0 Å². The average Bonchev–Trinajstić information content (AvgIpc) is 2.67. The summed E-state index contributed by atoms with van der Waals surface area (Å²) in [5.74, 6) is 0.510. The highest BCUT2D eigenvalue weighted by Crippen LogP contribution is 2.25. The average molecular weight is 429 g/mol. The quantitative estimate of drug-likeness (QED) is 0.376. The van der Waals surface area contributed by atoms with Crippen molar-refractivity contribution in [3.8, 4) is 0 Å². The molecule has 0 bridgehead atoms. The number of hydrogen-bond donors (Lipinski definition) is 1. The summed E-state index contributed by atoms with van der Waals surface area (Å²) in [4.78, 5) is 18.0. The van der Waals surface area contributed by atoms with Crippen LogP contribution < -0.4 is 5.32 Å². The number of sulfonamides is 1. The zero-order valence-corrected chi connectivity index (χ0v) is 17.4. The normalized spacial score (nSPS) is 11.6. The van der Waals surface area contributed by atoms with Gasteiger partial charge < -0.3 is 5.32 Å². The van der Waals surface area contributed by atoms with E-state index in [2.05, 4.69) is 5.32 Å². The van der Waals surface area contributed by atoms with E-state index in [9.17, 15) is 13.2 Å². The van der Waals surface area contributed by atoms with Gasteiger partial charge in [-0.3, -0.25) is 9.63 Å². The van der Waals surface area contributed by atoms with E-state index >= 15 is 0 Å². The van der Waals surface area contributed by atoms with Gasteiger partial charge in [0.25, 0.3) is 15.9 Å². The Morgan fingerprint density at radius 2 is 1.93 bits per heavy atom. The summed E-state index contributed by atoms with van der Waals surface area (Å²) in [6, 6.07) is 14.1. The summed E-state index contributed by atoms with van der Waals surface area (Å²) >= 11 is 7.71. The van der Waals surface area contributed by atoms with Crippen LogP contribution in [0, 0.1) is 0 Å². The van der Waals surface area contributed by atoms with Crippen LogP contribution in [-0.4, -0.2) is 45.2 Å². The van der Waals surface area contributed by atoms with Crippen LogP contribution >= 0.6 is 23.4 Å². The highest BCUT2D eigenvalue weighted by Gasteiger charge is 2.25. The van der Waals surface area contributed by atoms with Gasteiger partial charge in [-0.05, 0) is 42.5 Å². The third kappa shape index (κ3) is 5.95. The molecule has 0 aliphatic heterocycles. The lowest BCUT2D eigenvalue weighted by Crippen LogP contribution is -2.27. The lowest BCUT2D eigenvalue weighted by molar-refractivity contribution is -0.0258. The third-order valence-corrected chi connectivity index (χ3v) is 6.95. The molecule has 2 rings (SSSR count). The number of hydroxylamine groups is 1. The van der Waals surface area contributed by atoms with Gasteiger partial charge in [-0.25, -0.2) is 8.42 Å². The second kappa shape index (κ2) is 10.1. The molecule has 27 heavy (non-hydrogen) atoms. The number of rotatable bonds is 9. The molecule has 2 aromatic carbocycles. The van der Waals surface area contributed by atoms with Crippen molar-refractivity contribution in [2.75, 3.05) is 26.5 Å². The fourth-order valence-corrected chi connectivity index (χ4v) is 4.51. The van der Waals surface area contributed by atoms with Crippen LogP contribution in [0.2, 0.25) is 5.02 Å². The molecule has 0 aliphatic carbocycles. The van der Waals surface area contributed by atoms with E-state index in [4.69, 9.17) is 16.4 Å². The van der Waals surface area contributed by atoms with Crippen molar-refractivity contribution >= 4 is 39.3 Å². The molecule has 0 saturated carbocycles. The van der Waals surface area contributed by atoms with Gasteiger partial charge in [0.2, 0.25) is 0 Å². The van der Waals surface area contributed by atoms with Gasteiger partial charge in [-0.2, -0.15) is 0 Å². The number of thioether (sulfide) groups is 1. The Hall–Kier alpha value is -1.58. The lowest BCUT2D eigenvalue weighted by Gasteiger charge is -2.15. The van der Waals surface area contributed by atoms with Crippen molar-refractivity contribution in [3.05, 3.63) is 59.1 Å². The fraction of sp³-hybridized carbons (Fsp3) is 0.278. The Kier molecular flexibility index (Phi) is 8.12. The largest absolute Gasteiger partial charge is 0.352 e. The van der Waals surface area contributed by atoms with E-state index < -0.39 is 10.0 Å². The summed E-state index contributed by atoms with van der Waals surface area (Å²) in [6.45, 7) is 0.487. The second-order valence-electron chi connectivity index (χ2n) is 5.51. The Labute approximate surface area is 168 Å². The third-order valence-electron chi connectivity index (χ3n) is 3.69. The number of nitrogens with one attached hydrogen (secondary N) is 1. The molecule has 0 aromatic heterocycles. The minimum absolute atomic E-state index is 0.0229. The van der Waals surface area contributed by atoms with Crippen LogP contribution in [0.1, 0.15) is 16.8 Å². The Morgan fingerprint density at radius 1 is 1.22 bits per heavy atom. The van der Waals surface area contributed by atoms with Gasteiger partial charge in [0.1, 0.15) is 4.90 Å². The molecule has 0 unspecified atom stereocenters. The Morgan fingerprint density at radius 3 is 2.59 bits per heavy atom. The molecule has 6 nitrogen and oxygen atoms in total. The lowest BCUT2D eigenvalue weighted by atomic mass is 10.2. The summed E-state index contributed by atoms with van der Waals surface area (Å²) in [5.41, 5.74) is 0.221. The van der Waals surface area contributed by atoms with E-state index in [0.29, 0.717) is 11.0 Å². The monoisotopic (exact) mass is 428 g/mol. The van der Waals surface area contributed by atoms with Gasteiger partial charge in [-0.1, -0.05) is 34.3 Å². The van der Waals surface area contributed by atoms with E-state index in [1.54, 1.807) is 11.8 Å². The summed E-state index contributed by atoms with van der Waals surface area (Å²) in [6.07, 6.45) is 0.788. The molecule has 2 aromatic rings. The van der Waals surface area contributed by atoms with Crippen molar-refractivity contribution in [3.63, 3.8) is 0 Å². The van der Waals surface area contributed by atoms with Gasteiger partial charge in [0, 0.05) is 24.1 Å². The smallest absolute Gasteiger partial charge is 0.266 e. The van der Waals surface area contributed by atoms with Crippen LogP contribution in [-0.2, 0) is 14.9 Å². The first-order valence-corrected chi connectivity index (χ1v) is 10.9. The van der Waals surface area contributed by atoms with Crippen LogP contribution in [0.3, 0.4) is 0 Å². The maximum absolute atomic E-state index is 12.4. The van der Waals surface area contributed by atoms with Crippen molar-refractivity contribution in [2.45, 2.75) is 16.2 Å². The predicted molar refractivity (Wildman–Crippen MR) is 108 cm³/mol. The minimum atomic E-state index is -3.94. The molecule has 9 heteroatoms. The number of nitrogens with zero attached hydrogens (tertiary/aromatic N) is 1. The van der Waals surface area contributed by atoms with Crippen molar-refractivity contribution in [1.82, 2.24) is 9.79 Å². The topological polar surface area (TPSA) is 75.7 Å². The second-order valence-corrected chi connectivity index (χ2v) is 8.99. The molecule has 0 aliphatic rings. The standard InChI is InChI=1S/C18H21ClN2O4S2/c1-21(25-2)27(23,24)17-13-14(9-10-16(17)19)18(22)20-11-6-12-26-15-7-4-3-5-8-15/h3-5,7-10,13H,6,11-12H2,1-2H3,(H,20,22). The minimum Gasteiger partial charge on any atom is -0.352 e. The summed E-state index contributed by atoms with van der Waals surface area (Å²) in [5, 5.41) is 2.81. The predicted octanol–water partition coefficient (Wildman–Crippen LogP) is 3.43. The maximum Gasteiger partial charge on any atom is 0.266 e.